The van der Waals surface area contributed by atoms with E-state index < -0.39 is 10.9 Å². The fourth-order valence-corrected chi connectivity index (χ4v) is 2.82. The summed E-state index contributed by atoms with van der Waals surface area (Å²) in [6.45, 7) is 0. The number of ether oxygens (including phenoxy) is 1. The number of oxazole rings is 1. The summed E-state index contributed by atoms with van der Waals surface area (Å²) >= 11 is 1.02. The van der Waals surface area contributed by atoms with Crippen LogP contribution >= 0.6 is 11.8 Å². The van der Waals surface area contributed by atoms with Gasteiger partial charge in [-0.3, -0.25) is 10.1 Å². The number of carbonyl (C=O) groups is 1. The van der Waals surface area contributed by atoms with E-state index in [9.17, 15) is 14.9 Å². The Morgan fingerprint density at radius 3 is 2.78 bits per heavy atom. The Morgan fingerprint density at radius 2 is 2.09 bits per heavy atom. The molecule has 7 nitrogen and oxygen atoms in total. The average Bonchev–Trinajstić information content (AvgIpc) is 2.96. The molecular weight excluding hydrogens is 320 g/mol. The van der Waals surface area contributed by atoms with Crippen LogP contribution in [-0.2, 0) is 4.74 Å². The summed E-state index contributed by atoms with van der Waals surface area (Å²) in [7, 11) is 1.22. The Hall–Kier alpha value is -2.87. The van der Waals surface area contributed by atoms with Gasteiger partial charge in [0.25, 0.3) is 10.9 Å². The number of hydrogen-bond acceptors (Lipinski definition) is 7. The van der Waals surface area contributed by atoms with Gasteiger partial charge in [0.1, 0.15) is 5.52 Å². The van der Waals surface area contributed by atoms with Crippen LogP contribution in [0.15, 0.2) is 57.0 Å². The highest BCUT2D eigenvalue weighted by molar-refractivity contribution is 7.99. The van der Waals surface area contributed by atoms with Crippen LogP contribution in [0.25, 0.3) is 11.1 Å². The SMILES string of the molecule is COC(=O)c1ccc(Sc2nc3ccccc3o2)c([N+](=O)[O-])c1. The molecule has 0 aliphatic rings. The van der Waals surface area contributed by atoms with Crippen molar-refractivity contribution in [3.63, 3.8) is 0 Å². The molecule has 0 saturated carbocycles. The molecule has 116 valence electrons. The van der Waals surface area contributed by atoms with Crippen LogP contribution in [0.3, 0.4) is 0 Å². The van der Waals surface area contributed by atoms with Gasteiger partial charge >= 0.3 is 5.97 Å². The lowest BCUT2D eigenvalue weighted by atomic mass is 10.2. The predicted molar refractivity (Wildman–Crippen MR) is 82.6 cm³/mol. The number of nitro benzene ring substituents is 1. The van der Waals surface area contributed by atoms with Crippen LogP contribution in [0.2, 0.25) is 0 Å². The van der Waals surface area contributed by atoms with Crippen molar-refractivity contribution in [1.82, 2.24) is 4.98 Å². The molecule has 23 heavy (non-hydrogen) atoms. The zero-order chi connectivity index (χ0) is 16.4. The zero-order valence-corrected chi connectivity index (χ0v) is 12.7. The molecule has 0 unspecified atom stereocenters. The number of rotatable bonds is 4. The van der Waals surface area contributed by atoms with Crippen LogP contribution in [0, 0.1) is 10.1 Å². The first kappa shape index (κ1) is 15.0. The number of nitrogens with zero attached hydrogens (tertiary/aromatic N) is 2. The number of carbonyl (C=O) groups excluding carboxylic acids is 1. The fraction of sp³-hybridized carbons (Fsp3) is 0.0667. The highest BCUT2D eigenvalue weighted by atomic mass is 32.2. The number of para-hydroxylation sites is 2. The van der Waals surface area contributed by atoms with E-state index in [1.165, 1.54) is 25.3 Å². The van der Waals surface area contributed by atoms with E-state index in [1.807, 2.05) is 12.1 Å². The smallest absolute Gasteiger partial charge is 0.338 e. The molecule has 3 aromatic rings. The van der Waals surface area contributed by atoms with Gasteiger partial charge in [-0.15, -0.1) is 0 Å². The molecule has 2 aromatic carbocycles. The van der Waals surface area contributed by atoms with Gasteiger partial charge in [-0.2, -0.15) is 0 Å². The predicted octanol–water partition coefficient (Wildman–Crippen LogP) is 3.67. The quantitative estimate of drug-likeness (QED) is 0.409. The Kier molecular flexibility index (Phi) is 3.98. The van der Waals surface area contributed by atoms with Crippen LogP contribution in [-0.4, -0.2) is 23.0 Å². The molecule has 0 aliphatic carbocycles. The summed E-state index contributed by atoms with van der Waals surface area (Å²) in [6, 6.07) is 11.3. The summed E-state index contributed by atoms with van der Waals surface area (Å²) in [5, 5.41) is 11.5. The standard InChI is InChI=1S/C15H10N2O5S/c1-21-14(18)9-6-7-13(11(8-9)17(19)20)23-15-16-10-4-2-3-5-12(10)22-15/h2-8H,1H3. The number of esters is 1. The second-order valence-electron chi connectivity index (χ2n) is 4.48. The molecule has 0 bridgehead atoms. The maximum absolute atomic E-state index is 11.5. The molecule has 0 saturated heterocycles. The van der Waals surface area contributed by atoms with Gasteiger partial charge in [0, 0.05) is 6.07 Å². The van der Waals surface area contributed by atoms with Gasteiger partial charge < -0.3 is 9.15 Å². The molecular formula is C15H10N2O5S. The van der Waals surface area contributed by atoms with Gasteiger partial charge in [0.2, 0.25) is 0 Å². The van der Waals surface area contributed by atoms with Crippen molar-refractivity contribution in [3.8, 4) is 0 Å². The number of methoxy groups -OCH3 is 1. The van der Waals surface area contributed by atoms with Gasteiger partial charge in [-0.05, 0) is 36.0 Å². The highest BCUT2D eigenvalue weighted by Crippen LogP contribution is 2.36. The Bertz CT molecular complexity index is 873. The molecule has 0 atom stereocenters. The Balaban J connectivity index is 1.98. The molecule has 0 aliphatic heterocycles. The monoisotopic (exact) mass is 330 g/mol. The maximum atomic E-state index is 11.5. The Morgan fingerprint density at radius 1 is 1.30 bits per heavy atom. The molecule has 0 spiro atoms. The Labute approximate surface area is 134 Å². The van der Waals surface area contributed by atoms with E-state index in [2.05, 4.69) is 9.72 Å². The first-order valence-electron chi connectivity index (χ1n) is 6.48. The molecule has 3 rings (SSSR count). The summed E-state index contributed by atoms with van der Waals surface area (Å²) in [4.78, 5) is 26.8. The second-order valence-corrected chi connectivity index (χ2v) is 5.47. The minimum atomic E-state index is -0.633. The van der Waals surface area contributed by atoms with Gasteiger partial charge in [-0.25, -0.2) is 9.78 Å². The minimum Gasteiger partial charge on any atom is -0.465 e. The van der Waals surface area contributed by atoms with Crippen molar-refractivity contribution in [3.05, 3.63) is 58.1 Å². The van der Waals surface area contributed by atoms with E-state index in [1.54, 1.807) is 12.1 Å². The topological polar surface area (TPSA) is 95.5 Å². The third-order valence-electron chi connectivity index (χ3n) is 3.05. The zero-order valence-electron chi connectivity index (χ0n) is 11.9. The third-order valence-corrected chi connectivity index (χ3v) is 3.96. The molecule has 0 N–H and O–H groups in total. The highest BCUT2D eigenvalue weighted by Gasteiger charge is 2.20. The molecule has 0 fully saturated rings. The van der Waals surface area contributed by atoms with Crippen molar-refractivity contribution in [2.24, 2.45) is 0 Å². The number of aromatic nitrogens is 1. The lowest BCUT2D eigenvalue weighted by Crippen LogP contribution is -2.02. The van der Waals surface area contributed by atoms with Crippen molar-refractivity contribution < 1.29 is 18.9 Å². The summed E-state index contributed by atoms with van der Waals surface area (Å²) in [5.74, 6) is -0.633. The molecule has 0 amide bonds. The van der Waals surface area contributed by atoms with Crippen molar-refractivity contribution in [2.75, 3.05) is 7.11 Å². The lowest BCUT2D eigenvalue weighted by molar-refractivity contribution is -0.387. The molecule has 1 heterocycles. The largest absolute Gasteiger partial charge is 0.465 e. The third kappa shape index (κ3) is 3.02. The van der Waals surface area contributed by atoms with Crippen LogP contribution < -0.4 is 0 Å². The second kappa shape index (κ2) is 6.09. The number of benzene rings is 2. The number of hydrogen-bond donors (Lipinski definition) is 0. The van der Waals surface area contributed by atoms with Crippen molar-refractivity contribution >= 4 is 34.5 Å². The normalized spacial score (nSPS) is 10.7. The van der Waals surface area contributed by atoms with Gasteiger partial charge in [-0.1, -0.05) is 12.1 Å². The van der Waals surface area contributed by atoms with Gasteiger partial charge in [0.05, 0.1) is 22.5 Å². The van der Waals surface area contributed by atoms with Crippen molar-refractivity contribution in [2.45, 2.75) is 10.1 Å². The summed E-state index contributed by atoms with van der Waals surface area (Å²) in [5.41, 5.74) is 1.17. The average molecular weight is 330 g/mol. The van der Waals surface area contributed by atoms with Crippen LogP contribution in [0.4, 0.5) is 5.69 Å². The van der Waals surface area contributed by atoms with E-state index in [0.717, 1.165) is 11.8 Å². The molecule has 8 heteroatoms. The summed E-state index contributed by atoms with van der Waals surface area (Å²) < 4.78 is 10.1. The van der Waals surface area contributed by atoms with Gasteiger partial charge in [0.15, 0.2) is 5.58 Å². The maximum Gasteiger partial charge on any atom is 0.338 e. The summed E-state index contributed by atoms with van der Waals surface area (Å²) in [6.07, 6.45) is 0. The van der Waals surface area contributed by atoms with Crippen molar-refractivity contribution in [1.29, 1.82) is 0 Å². The van der Waals surface area contributed by atoms with E-state index in [0.29, 0.717) is 21.2 Å². The van der Waals surface area contributed by atoms with E-state index in [-0.39, 0.29) is 11.3 Å². The van der Waals surface area contributed by atoms with E-state index in [4.69, 9.17) is 4.42 Å². The van der Waals surface area contributed by atoms with E-state index >= 15 is 0 Å². The molecule has 1 aromatic heterocycles. The minimum absolute atomic E-state index is 0.112. The first-order valence-corrected chi connectivity index (χ1v) is 7.30. The molecule has 0 radical (unpaired) electrons. The first-order chi connectivity index (χ1) is 11.1. The lowest BCUT2D eigenvalue weighted by Gasteiger charge is -2.03. The van der Waals surface area contributed by atoms with Crippen LogP contribution in [0.5, 0.6) is 0 Å². The fourth-order valence-electron chi connectivity index (χ4n) is 1.98. The number of fused-ring (bicyclic) bond motifs is 1. The van der Waals surface area contributed by atoms with Crippen LogP contribution in [0.1, 0.15) is 10.4 Å². The number of nitro groups is 1.